The third kappa shape index (κ3) is 3.79. The van der Waals surface area contributed by atoms with E-state index in [4.69, 9.17) is 0 Å². The van der Waals surface area contributed by atoms with E-state index in [1.807, 2.05) is 60.7 Å². The number of nitrogens with one attached hydrogen (secondary N) is 2. The average Bonchev–Trinajstić information content (AvgIpc) is 3.10. The summed E-state index contributed by atoms with van der Waals surface area (Å²) in [6.07, 6.45) is 0.540. The minimum absolute atomic E-state index is 0.0362. The number of tetrazole rings is 1. The Morgan fingerprint density at radius 2 is 1.61 bits per heavy atom. The maximum atomic E-state index is 12.7. The SMILES string of the molecule is O=C(NCCc1nn[nH]n1)C(c1ccccc1)c1ccccc1. The number of hydrogen-bond acceptors (Lipinski definition) is 4. The normalized spacial score (nSPS) is 10.7. The number of carbonyl (C=O) groups excluding carboxylic acids is 1. The summed E-state index contributed by atoms with van der Waals surface area (Å²) in [5.41, 5.74) is 1.94. The first-order valence-corrected chi connectivity index (χ1v) is 7.44. The molecule has 0 aliphatic heterocycles. The van der Waals surface area contributed by atoms with Crippen molar-refractivity contribution in [2.45, 2.75) is 12.3 Å². The summed E-state index contributed by atoms with van der Waals surface area (Å²) < 4.78 is 0. The van der Waals surface area contributed by atoms with E-state index in [1.54, 1.807) is 0 Å². The van der Waals surface area contributed by atoms with Crippen molar-refractivity contribution < 1.29 is 4.79 Å². The van der Waals surface area contributed by atoms with Gasteiger partial charge in [0, 0.05) is 13.0 Å². The smallest absolute Gasteiger partial charge is 0.232 e. The Labute approximate surface area is 133 Å². The minimum atomic E-state index is -0.331. The van der Waals surface area contributed by atoms with Crippen LogP contribution in [-0.2, 0) is 11.2 Å². The third-order valence-corrected chi connectivity index (χ3v) is 3.57. The van der Waals surface area contributed by atoms with Crippen molar-refractivity contribution in [1.29, 1.82) is 0 Å². The van der Waals surface area contributed by atoms with Gasteiger partial charge in [0.25, 0.3) is 0 Å². The summed E-state index contributed by atoms with van der Waals surface area (Å²) >= 11 is 0. The van der Waals surface area contributed by atoms with Crippen LogP contribution in [0.3, 0.4) is 0 Å². The fraction of sp³-hybridized carbons (Fsp3) is 0.176. The first kappa shape index (κ1) is 14.9. The number of H-pyrrole nitrogens is 1. The van der Waals surface area contributed by atoms with Gasteiger partial charge in [-0.3, -0.25) is 4.79 Å². The zero-order valence-electron chi connectivity index (χ0n) is 12.5. The maximum absolute atomic E-state index is 12.7. The van der Waals surface area contributed by atoms with E-state index < -0.39 is 0 Å². The molecule has 0 saturated heterocycles. The highest BCUT2D eigenvalue weighted by molar-refractivity contribution is 5.87. The third-order valence-electron chi connectivity index (χ3n) is 3.57. The molecule has 2 aromatic carbocycles. The summed E-state index contributed by atoms with van der Waals surface area (Å²) in [7, 11) is 0. The van der Waals surface area contributed by atoms with E-state index in [9.17, 15) is 4.79 Å². The van der Waals surface area contributed by atoms with Gasteiger partial charge < -0.3 is 5.32 Å². The molecule has 6 heteroatoms. The largest absolute Gasteiger partial charge is 0.355 e. The lowest BCUT2D eigenvalue weighted by Crippen LogP contribution is -2.31. The van der Waals surface area contributed by atoms with E-state index in [2.05, 4.69) is 25.9 Å². The first-order chi connectivity index (χ1) is 11.3. The van der Waals surface area contributed by atoms with E-state index in [-0.39, 0.29) is 11.8 Å². The highest BCUT2D eigenvalue weighted by Crippen LogP contribution is 2.24. The van der Waals surface area contributed by atoms with Gasteiger partial charge in [-0.15, -0.1) is 10.2 Å². The van der Waals surface area contributed by atoms with Gasteiger partial charge in [0.15, 0.2) is 5.82 Å². The molecule has 0 aliphatic rings. The molecule has 1 amide bonds. The van der Waals surface area contributed by atoms with Gasteiger partial charge in [0.1, 0.15) is 0 Å². The van der Waals surface area contributed by atoms with Gasteiger partial charge in [-0.2, -0.15) is 5.21 Å². The van der Waals surface area contributed by atoms with Crippen LogP contribution < -0.4 is 5.32 Å². The van der Waals surface area contributed by atoms with Crippen molar-refractivity contribution in [3.8, 4) is 0 Å². The van der Waals surface area contributed by atoms with Crippen molar-refractivity contribution in [3.63, 3.8) is 0 Å². The van der Waals surface area contributed by atoms with Gasteiger partial charge in [-0.1, -0.05) is 65.9 Å². The molecule has 1 heterocycles. The van der Waals surface area contributed by atoms with E-state index >= 15 is 0 Å². The molecule has 0 unspecified atom stereocenters. The van der Waals surface area contributed by atoms with Crippen molar-refractivity contribution in [3.05, 3.63) is 77.6 Å². The topological polar surface area (TPSA) is 83.6 Å². The molecule has 2 N–H and O–H groups in total. The number of benzene rings is 2. The molecule has 6 nitrogen and oxygen atoms in total. The van der Waals surface area contributed by atoms with Crippen LogP contribution in [-0.4, -0.2) is 33.1 Å². The second kappa shape index (κ2) is 7.31. The van der Waals surface area contributed by atoms with Crippen molar-refractivity contribution >= 4 is 5.91 Å². The number of hydrogen-bond donors (Lipinski definition) is 2. The summed E-state index contributed by atoms with van der Waals surface area (Å²) in [4.78, 5) is 12.7. The van der Waals surface area contributed by atoms with Gasteiger partial charge in [0.05, 0.1) is 5.92 Å². The molecule has 23 heavy (non-hydrogen) atoms. The first-order valence-electron chi connectivity index (χ1n) is 7.44. The van der Waals surface area contributed by atoms with Crippen LogP contribution in [0.15, 0.2) is 60.7 Å². The standard InChI is InChI=1S/C17H17N5O/c23-17(18-12-11-15-19-21-22-20-15)16(13-7-3-1-4-8-13)14-9-5-2-6-10-14/h1-10,16H,11-12H2,(H,18,23)(H,19,20,21,22). The summed E-state index contributed by atoms with van der Waals surface area (Å²) in [5, 5.41) is 16.6. The zero-order chi connectivity index (χ0) is 15.9. The summed E-state index contributed by atoms with van der Waals surface area (Å²) in [5.74, 6) is 0.217. The number of carbonyl (C=O) groups is 1. The Kier molecular flexibility index (Phi) is 4.73. The Balaban J connectivity index is 1.74. The van der Waals surface area contributed by atoms with Crippen LogP contribution in [0, 0.1) is 0 Å². The monoisotopic (exact) mass is 307 g/mol. The Bertz CT molecular complexity index is 689. The van der Waals surface area contributed by atoms with Crippen LogP contribution in [0.2, 0.25) is 0 Å². The van der Waals surface area contributed by atoms with E-state index in [1.165, 1.54) is 0 Å². The zero-order valence-corrected chi connectivity index (χ0v) is 12.5. The average molecular weight is 307 g/mol. The second-order valence-electron chi connectivity index (χ2n) is 5.12. The molecular formula is C17H17N5O. The molecule has 0 saturated carbocycles. The fourth-order valence-electron chi connectivity index (χ4n) is 2.47. The molecule has 116 valence electrons. The molecule has 0 aliphatic carbocycles. The highest BCUT2D eigenvalue weighted by atomic mass is 16.1. The highest BCUT2D eigenvalue weighted by Gasteiger charge is 2.22. The van der Waals surface area contributed by atoms with E-state index in [0.717, 1.165) is 11.1 Å². The predicted octanol–water partition coefficient (Wildman–Crippen LogP) is 1.69. The van der Waals surface area contributed by atoms with Crippen molar-refractivity contribution in [2.75, 3.05) is 6.54 Å². The van der Waals surface area contributed by atoms with Crippen LogP contribution in [0.25, 0.3) is 0 Å². The lowest BCUT2D eigenvalue weighted by atomic mass is 9.90. The Hall–Kier alpha value is -3.02. The van der Waals surface area contributed by atoms with Crippen molar-refractivity contribution in [2.24, 2.45) is 0 Å². The molecule has 3 rings (SSSR count). The molecule has 0 spiro atoms. The Morgan fingerprint density at radius 3 is 2.13 bits per heavy atom. The van der Waals surface area contributed by atoms with E-state index in [0.29, 0.717) is 18.8 Å². The second-order valence-corrected chi connectivity index (χ2v) is 5.12. The number of aromatic nitrogens is 4. The summed E-state index contributed by atoms with van der Waals surface area (Å²) in [6.45, 7) is 0.467. The van der Waals surface area contributed by atoms with Crippen molar-refractivity contribution in [1.82, 2.24) is 25.9 Å². The van der Waals surface area contributed by atoms with Gasteiger partial charge >= 0.3 is 0 Å². The summed E-state index contributed by atoms with van der Waals surface area (Å²) in [6, 6.07) is 19.5. The van der Waals surface area contributed by atoms with Crippen LogP contribution in [0.1, 0.15) is 22.9 Å². The van der Waals surface area contributed by atoms with Gasteiger partial charge in [0.2, 0.25) is 5.91 Å². The lowest BCUT2D eigenvalue weighted by Gasteiger charge is -2.17. The van der Waals surface area contributed by atoms with Gasteiger partial charge in [-0.25, -0.2) is 0 Å². The molecular weight excluding hydrogens is 290 g/mol. The number of rotatable bonds is 6. The van der Waals surface area contributed by atoms with Crippen LogP contribution >= 0.6 is 0 Å². The fourth-order valence-corrected chi connectivity index (χ4v) is 2.47. The molecule has 0 radical (unpaired) electrons. The molecule has 3 aromatic rings. The molecule has 1 aromatic heterocycles. The number of aromatic amines is 1. The minimum Gasteiger partial charge on any atom is -0.355 e. The number of nitrogens with zero attached hydrogens (tertiary/aromatic N) is 3. The molecule has 0 bridgehead atoms. The van der Waals surface area contributed by atoms with Crippen LogP contribution in [0.4, 0.5) is 0 Å². The molecule has 0 fully saturated rings. The quantitative estimate of drug-likeness (QED) is 0.726. The Morgan fingerprint density at radius 1 is 1.00 bits per heavy atom. The number of amides is 1. The maximum Gasteiger partial charge on any atom is 0.232 e. The van der Waals surface area contributed by atoms with Gasteiger partial charge in [-0.05, 0) is 11.1 Å². The lowest BCUT2D eigenvalue weighted by molar-refractivity contribution is -0.121. The predicted molar refractivity (Wildman–Crippen MR) is 85.6 cm³/mol. The molecule has 0 atom stereocenters. The van der Waals surface area contributed by atoms with Crippen LogP contribution in [0.5, 0.6) is 0 Å².